The van der Waals surface area contributed by atoms with Crippen molar-refractivity contribution >= 4 is 40.1 Å². The summed E-state index contributed by atoms with van der Waals surface area (Å²) < 4.78 is 1.09. The Bertz CT molecular complexity index is 888. The molecule has 28 heavy (non-hydrogen) atoms. The van der Waals surface area contributed by atoms with Crippen LogP contribution in [0, 0.1) is 3.57 Å². The van der Waals surface area contributed by atoms with E-state index in [1.165, 1.54) is 0 Å². The molecule has 0 aromatic heterocycles. The van der Waals surface area contributed by atoms with Crippen molar-refractivity contribution < 1.29 is 9.59 Å². The first-order valence-corrected chi connectivity index (χ1v) is 10.1. The zero-order valence-corrected chi connectivity index (χ0v) is 17.6. The van der Waals surface area contributed by atoms with Crippen LogP contribution in [0.3, 0.4) is 0 Å². The molecule has 0 aliphatic rings. The topological polar surface area (TPSA) is 58.2 Å². The molecular formula is C23H21IN2O2. The molecule has 0 saturated heterocycles. The van der Waals surface area contributed by atoms with E-state index in [0.29, 0.717) is 5.69 Å². The molecule has 2 amide bonds. The fourth-order valence-corrected chi connectivity index (χ4v) is 3.29. The van der Waals surface area contributed by atoms with E-state index in [-0.39, 0.29) is 11.8 Å². The largest absolute Gasteiger partial charge is 0.344 e. The second kappa shape index (κ2) is 9.50. The van der Waals surface area contributed by atoms with Crippen molar-refractivity contribution in [1.29, 1.82) is 0 Å². The number of rotatable bonds is 6. The van der Waals surface area contributed by atoms with Gasteiger partial charge in [-0.2, -0.15) is 0 Å². The lowest BCUT2D eigenvalue weighted by Gasteiger charge is -2.21. The molecular weight excluding hydrogens is 463 g/mol. The van der Waals surface area contributed by atoms with Gasteiger partial charge in [0.2, 0.25) is 11.8 Å². The van der Waals surface area contributed by atoms with Crippen LogP contribution in [0.25, 0.3) is 0 Å². The Morgan fingerprint density at radius 3 is 1.75 bits per heavy atom. The van der Waals surface area contributed by atoms with Crippen LogP contribution in [0.1, 0.15) is 24.0 Å². The van der Waals surface area contributed by atoms with E-state index in [1.54, 1.807) is 6.92 Å². The Labute approximate surface area is 178 Å². The Morgan fingerprint density at radius 2 is 1.25 bits per heavy atom. The lowest BCUT2D eigenvalue weighted by atomic mass is 9.90. The average molecular weight is 484 g/mol. The van der Waals surface area contributed by atoms with Gasteiger partial charge in [0, 0.05) is 9.26 Å². The summed E-state index contributed by atoms with van der Waals surface area (Å²) in [4.78, 5) is 25.6. The summed E-state index contributed by atoms with van der Waals surface area (Å²) in [6.45, 7) is 1.69. The minimum absolute atomic E-state index is 0.206. The maximum Gasteiger partial charge on any atom is 0.246 e. The molecule has 1 atom stereocenters. The number of amides is 2. The van der Waals surface area contributed by atoms with Crippen LogP contribution in [0.2, 0.25) is 0 Å². The summed E-state index contributed by atoms with van der Waals surface area (Å²) >= 11 is 2.21. The van der Waals surface area contributed by atoms with Crippen LogP contribution in [0.4, 0.5) is 5.69 Å². The fourth-order valence-electron chi connectivity index (χ4n) is 2.93. The average Bonchev–Trinajstić information content (AvgIpc) is 2.71. The van der Waals surface area contributed by atoms with E-state index < -0.39 is 12.0 Å². The summed E-state index contributed by atoms with van der Waals surface area (Å²) in [6.07, 6.45) is 0. The number of carbonyl (C=O) groups is 2. The fraction of sp³-hybridized carbons (Fsp3) is 0.130. The molecule has 5 heteroatoms. The molecule has 3 aromatic carbocycles. The van der Waals surface area contributed by atoms with Gasteiger partial charge in [0.15, 0.2) is 0 Å². The minimum Gasteiger partial charge on any atom is -0.344 e. The molecule has 142 valence electrons. The Kier molecular flexibility index (Phi) is 6.81. The SMILES string of the molecule is C[C@@H](NC(=O)C(c1ccccc1)c1ccccc1)C(=O)Nc1ccc(I)cc1. The van der Waals surface area contributed by atoms with Gasteiger partial charge in [-0.3, -0.25) is 9.59 Å². The number of benzene rings is 3. The van der Waals surface area contributed by atoms with Crippen molar-refractivity contribution in [2.24, 2.45) is 0 Å². The van der Waals surface area contributed by atoms with Gasteiger partial charge in [-0.05, 0) is 64.9 Å². The highest BCUT2D eigenvalue weighted by atomic mass is 127. The summed E-state index contributed by atoms with van der Waals surface area (Å²) in [5.74, 6) is -0.937. The maximum atomic E-state index is 13.1. The molecule has 0 unspecified atom stereocenters. The third-order valence-corrected chi connectivity index (χ3v) is 5.11. The zero-order valence-electron chi connectivity index (χ0n) is 15.4. The highest BCUT2D eigenvalue weighted by molar-refractivity contribution is 14.1. The van der Waals surface area contributed by atoms with Gasteiger partial charge in [0.05, 0.1) is 5.92 Å². The summed E-state index contributed by atoms with van der Waals surface area (Å²) in [5.41, 5.74) is 2.47. The number of anilines is 1. The molecule has 4 nitrogen and oxygen atoms in total. The van der Waals surface area contributed by atoms with Gasteiger partial charge < -0.3 is 10.6 Å². The molecule has 0 fully saturated rings. The van der Waals surface area contributed by atoms with E-state index in [2.05, 4.69) is 33.2 Å². The van der Waals surface area contributed by atoms with Crippen molar-refractivity contribution in [3.8, 4) is 0 Å². The smallest absolute Gasteiger partial charge is 0.246 e. The van der Waals surface area contributed by atoms with Crippen molar-refractivity contribution in [3.63, 3.8) is 0 Å². The summed E-state index contributed by atoms with van der Waals surface area (Å²) in [6, 6.07) is 26.0. The van der Waals surface area contributed by atoms with Crippen LogP contribution < -0.4 is 10.6 Å². The first-order chi connectivity index (χ1) is 13.5. The Hall–Kier alpha value is -2.67. The molecule has 0 aliphatic carbocycles. The van der Waals surface area contributed by atoms with Crippen molar-refractivity contribution in [2.45, 2.75) is 18.9 Å². The highest BCUT2D eigenvalue weighted by Crippen LogP contribution is 2.25. The van der Waals surface area contributed by atoms with Gasteiger partial charge in [-0.15, -0.1) is 0 Å². The first kappa shape index (κ1) is 20.1. The Balaban J connectivity index is 1.74. The molecule has 0 spiro atoms. The molecule has 0 radical (unpaired) electrons. The van der Waals surface area contributed by atoms with Gasteiger partial charge >= 0.3 is 0 Å². The number of carbonyl (C=O) groups excluding carboxylic acids is 2. The lowest BCUT2D eigenvalue weighted by Crippen LogP contribution is -2.43. The van der Waals surface area contributed by atoms with E-state index >= 15 is 0 Å². The van der Waals surface area contributed by atoms with Gasteiger partial charge in [0.25, 0.3) is 0 Å². The number of hydrogen-bond donors (Lipinski definition) is 2. The first-order valence-electron chi connectivity index (χ1n) is 9.01. The van der Waals surface area contributed by atoms with Gasteiger partial charge in [0.1, 0.15) is 6.04 Å². The number of nitrogens with one attached hydrogen (secondary N) is 2. The standard InChI is InChI=1S/C23H21IN2O2/c1-16(22(27)26-20-14-12-19(24)13-15-20)25-23(28)21(17-8-4-2-5-9-17)18-10-6-3-7-11-18/h2-16,21H,1H3,(H,25,28)(H,26,27)/t16-/m1/s1. The van der Waals surface area contributed by atoms with Gasteiger partial charge in [-0.25, -0.2) is 0 Å². The van der Waals surface area contributed by atoms with E-state index in [0.717, 1.165) is 14.7 Å². The normalized spacial score (nSPS) is 11.7. The van der Waals surface area contributed by atoms with Crippen molar-refractivity contribution in [1.82, 2.24) is 5.32 Å². The Morgan fingerprint density at radius 1 is 0.750 bits per heavy atom. The molecule has 2 N–H and O–H groups in total. The second-order valence-electron chi connectivity index (χ2n) is 6.48. The van der Waals surface area contributed by atoms with Crippen molar-refractivity contribution in [3.05, 3.63) is 99.6 Å². The van der Waals surface area contributed by atoms with Crippen LogP contribution >= 0.6 is 22.6 Å². The van der Waals surface area contributed by atoms with Crippen LogP contribution in [-0.4, -0.2) is 17.9 Å². The molecule has 0 bridgehead atoms. The zero-order chi connectivity index (χ0) is 19.9. The minimum atomic E-state index is -0.665. The second-order valence-corrected chi connectivity index (χ2v) is 7.73. The molecule has 3 rings (SSSR count). The third-order valence-electron chi connectivity index (χ3n) is 4.39. The molecule has 0 aliphatic heterocycles. The van der Waals surface area contributed by atoms with Gasteiger partial charge in [-0.1, -0.05) is 60.7 Å². The quantitative estimate of drug-likeness (QED) is 0.504. The lowest BCUT2D eigenvalue weighted by molar-refractivity contribution is -0.126. The predicted octanol–water partition coefficient (Wildman–Crippen LogP) is 4.57. The van der Waals surface area contributed by atoms with E-state index in [9.17, 15) is 9.59 Å². The van der Waals surface area contributed by atoms with Crippen LogP contribution in [-0.2, 0) is 9.59 Å². The van der Waals surface area contributed by atoms with E-state index in [4.69, 9.17) is 0 Å². The molecule has 0 saturated carbocycles. The summed E-state index contributed by atoms with van der Waals surface area (Å²) in [5, 5.41) is 5.69. The monoisotopic (exact) mass is 484 g/mol. The third kappa shape index (κ3) is 5.19. The maximum absolute atomic E-state index is 13.1. The highest BCUT2D eigenvalue weighted by Gasteiger charge is 2.25. The van der Waals surface area contributed by atoms with Crippen LogP contribution in [0.5, 0.6) is 0 Å². The predicted molar refractivity (Wildman–Crippen MR) is 120 cm³/mol. The van der Waals surface area contributed by atoms with Crippen LogP contribution in [0.15, 0.2) is 84.9 Å². The molecule has 3 aromatic rings. The summed E-state index contributed by atoms with van der Waals surface area (Å²) in [7, 11) is 0. The number of halogens is 1. The van der Waals surface area contributed by atoms with E-state index in [1.807, 2.05) is 84.9 Å². The number of hydrogen-bond acceptors (Lipinski definition) is 2. The molecule has 0 heterocycles. The van der Waals surface area contributed by atoms with Crippen molar-refractivity contribution in [2.75, 3.05) is 5.32 Å².